The Kier molecular flexibility index (Phi) is 6.79. The van der Waals surface area contributed by atoms with E-state index in [0.29, 0.717) is 23.9 Å². The predicted octanol–water partition coefficient (Wildman–Crippen LogP) is 3.85. The van der Waals surface area contributed by atoms with Crippen LogP contribution < -0.4 is 15.0 Å². The molecule has 0 unspecified atom stereocenters. The molecule has 1 aliphatic rings. The van der Waals surface area contributed by atoms with Crippen LogP contribution in [0.2, 0.25) is 5.02 Å². The topological polar surface area (TPSA) is 117 Å². The maximum Gasteiger partial charge on any atom is 0.339 e. The molecule has 0 atom stereocenters. The summed E-state index contributed by atoms with van der Waals surface area (Å²) in [6.45, 7) is 3.87. The smallest absolute Gasteiger partial charge is 0.339 e. The molecule has 0 aliphatic carbocycles. The van der Waals surface area contributed by atoms with Crippen LogP contribution in [0.3, 0.4) is 0 Å². The lowest BCUT2D eigenvalue weighted by Crippen LogP contribution is -2.46. The highest BCUT2D eigenvalue weighted by Gasteiger charge is 2.21. The number of hydrogen-bond acceptors (Lipinski definition) is 9. The van der Waals surface area contributed by atoms with Gasteiger partial charge in [0.25, 0.3) is 0 Å². The number of carboxylic acids is 1. The van der Waals surface area contributed by atoms with Crippen molar-refractivity contribution in [1.82, 2.24) is 24.8 Å². The molecule has 4 aromatic rings. The van der Waals surface area contributed by atoms with E-state index in [1.807, 2.05) is 30.3 Å². The lowest BCUT2D eigenvalue weighted by atomic mass is 10.1. The molecule has 2 aromatic heterocycles. The fraction of sp³-hybridized carbons (Fsp3) is 0.240. The lowest BCUT2D eigenvalue weighted by Gasteiger charge is -2.34. The molecule has 36 heavy (non-hydrogen) atoms. The molecule has 10 nitrogen and oxygen atoms in total. The summed E-state index contributed by atoms with van der Waals surface area (Å²) in [6.07, 6.45) is 3.51. The number of methoxy groups -OCH3 is 1. The van der Waals surface area contributed by atoms with Gasteiger partial charge < -0.3 is 20.1 Å². The Morgan fingerprint density at radius 1 is 1.08 bits per heavy atom. The summed E-state index contributed by atoms with van der Waals surface area (Å²) in [4.78, 5) is 34.2. The Balaban J connectivity index is 1.39. The van der Waals surface area contributed by atoms with Crippen LogP contribution in [0.4, 0.5) is 17.5 Å². The molecule has 1 aliphatic heterocycles. The Morgan fingerprint density at radius 3 is 2.56 bits per heavy atom. The number of aromatic carboxylic acids is 1. The number of benzene rings is 2. The summed E-state index contributed by atoms with van der Waals surface area (Å²) in [5.74, 6) is 1.08. The number of ether oxygens (including phenoxy) is 1. The Labute approximate surface area is 212 Å². The van der Waals surface area contributed by atoms with Crippen molar-refractivity contribution in [3.05, 3.63) is 71.3 Å². The monoisotopic (exact) mass is 505 g/mol. The van der Waals surface area contributed by atoms with E-state index in [4.69, 9.17) is 26.3 Å². The number of piperazine rings is 1. The van der Waals surface area contributed by atoms with Crippen molar-refractivity contribution < 1.29 is 14.6 Å². The number of nitrogens with one attached hydrogen (secondary N) is 1. The van der Waals surface area contributed by atoms with Gasteiger partial charge in [0.1, 0.15) is 23.0 Å². The molecule has 0 amide bonds. The summed E-state index contributed by atoms with van der Waals surface area (Å²) in [6, 6.07) is 12.4. The van der Waals surface area contributed by atoms with E-state index in [0.717, 1.165) is 43.0 Å². The average molecular weight is 506 g/mol. The van der Waals surface area contributed by atoms with Gasteiger partial charge in [0, 0.05) is 50.0 Å². The zero-order valence-electron chi connectivity index (χ0n) is 19.6. The van der Waals surface area contributed by atoms with Crippen LogP contribution in [0.25, 0.3) is 10.9 Å². The first-order chi connectivity index (χ1) is 17.5. The third kappa shape index (κ3) is 5.00. The van der Waals surface area contributed by atoms with Gasteiger partial charge in [-0.2, -0.15) is 0 Å². The summed E-state index contributed by atoms with van der Waals surface area (Å²) in [7, 11) is 1.42. The SMILES string of the molecule is COc1cc(Nc2nc(CN3CCN(c4ncccn4)CC3)nc3ccccc23)c(Cl)cc1C(=O)O. The third-order valence-electron chi connectivity index (χ3n) is 5.99. The molecule has 2 N–H and O–H groups in total. The van der Waals surface area contributed by atoms with E-state index < -0.39 is 5.97 Å². The van der Waals surface area contributed by atoms with Crippen LogP contribution in [0.15, 0.2) is 54.9 Å². The van der Waals surface area contributed by atoms with Gasteiger partial charge in [0.2, 0.25) is 5.95 Å². The van der Waals surface area contributed by atoms with Gasteiger partial charge in [0.15, 0.2) is 0 Å². The number of nitrogens with zero attached hydrogens (tertiary/aromatic N) is 6. The zero-order chi connectivity index (χ0) is 25.1. The third-order valence-corrected chi connectivity index (χ3v) is 6.31. The van der Waals surface area contributed by atoms with E-state index in [2.05, 4.69) is 25.1 Å². The molecule has 1 saturated heterocycles. The first-order valence-electron chi connectivity index (χ1n) is 11.4. The van der Waals surface area contributed by atoms with Gasteiger partial charge in [-0.3, -0.25) is 4.90 Å². The molecular weight excluding hydrogens is 482 g/mol. The van der Waals surface area contributed by atoms with Crippen LogP contribution in [-0.2, 0) is 6.54 Å². The quantitative estimate of drug-likeness (QED) is 0.383. The van der Waals surface area contributed by atoms with E-state index in [9.17, 15) is 9.90 Å². The molecule has 0 radical (unpaired) electrons. The summed E-state index contributed by atoms with van der Waals surface area (Å²) >= 11 is 6.42. The molecular formula is C25H24ClN7O3. The maximum atomic E-state index is 11.5. The van der Waals surface area contributed by atoms with Gasteiger partial charge in [-0.05, 0) is 24.3 Å². The van der Waals surface area contributed by atoms with Gasteiger partial charge in [-0.1, -0.05) is 23.7 Å². The van der Waals surface area contributed by atoms with E-state index >= 15 is 0 Å². The number of halogens is 1. The minimum atomic E-state index is -1.12. The molecule has 2 aromatic carbocycles. The minimum absolute atomic E-state index is 0.0127. The summed E-state index contributed by atoms with van der Waals surface area (Å²) < 4.78 is 5.26. The molecule has 3 heterocycles. The normalized spacial score (nSPS) is 14.1. The molecule has 5 rings (SSSR count). The van der Waals surface area contributed by atoms with E-state index in [-0.39, 0.29) is 16.3 Å². The zero-order valence-corrected chi connectivity index (χ0v) is 20.3. The van der Waals surface area contributed by atoms with Gasteiger partial charge >= 0.3 is 5.97 Å². The molecule has 0 saturated carbocycles. The van der Waals surface area contributed by atoms with Gasteiger partial charge in [-0.15, -0.1) is 0 Å². The number of fused-ring (bicyclic) bond motifs is 1. The Bertz CT molecular complexity index is 1400. The second-order valence-electron chi connectivity index (χ2n) is 8.28. The Morgan fingerprint density at radius 2 is 1.83 bits per heavy atom. The van der Waals surface area contributed by atoms with Crippen molar-refractivity contribution in [3.63, 3.8) is 0 Å². The second kappa shape index (κ2) is 10.3. The second-order valence-corrected chi connectivity index (χ2v) is 8.69. The number of rotatable bonds is 7. The fourth-order valence-electron chi connectivity index (χ4n) is 4.16. The van der Waals surface area contributed by atoms with Crippen molar-refractivity contribution in [1.29, 1.82) is 0 Å². The van der Waals surface area contributed by atoms with Crippen molar-refractivity contribution in [2.75, 3.05) is 43.5 Å². The lowest BCUT2D eigenvalue weighted by molar-refractivity contribution is 0.0693. The minimum Gasteiger partial charge on any atom is -0.496 e. The van der Waals surface area contributed by atoms with Crippen LogP contribution in [0.5, 0.6) is 5.75 Å². The van der Waals surface area contributed by atoms with Gasteiger partial charge in [0.05, 0.1) is 29.9 Å². The first kappa shape index (κ1) is 23.7. The van der Waals surface area contributed by atoms with E-state index in [1.165, 1.54) is 13.2 Å². The highest BCUT2D eigenvalue weighted by Crippen LogP contribution is 2.34. The average Bonchev–Trinajstić information content (AvgIpc) is 2.90. The molecule has 0 spiro atoms. The van der Waals surface area contributed by atoms with Crippen LogP contribution >= 0.6 is 11.6 Å². The fourth-order valence-corrected chi connectivity index (χ4v) is 4.37. The van der Waals surface area contributed by atoms with Crippen molar-refractivity contribution in [3.8, 4) is 5.75 Å². The van der Waals surface area contributed by atoms with E-state index in [1.54, 1.807) is 18.5 Å². The van der Waals surface area contributed by atoms with Crippen molar-refractivity contribution >= 4 is 45.9 Å². The molecule has 1 fully saturated rings. The standard InChI is InChI=1S/C25H24ClN7O3/c1-36-21-14-20(18(26)13-17(21)24(34)35)30-23-16-5-2-3-6-19(16)29-22(31-23)15-32-9-11-33(12-10-32)25-27-7-4-8-28-25/h2-8,13-14H,9-12,15H2,1H3,(H,34,35)(H,29,30,31). The van der Waals surface area contributed by atoms with Crippen LogP contribution in [0, 0.1) is 0 Å². The highest BCUT2D eigenvalue weighted by atomic mass is 35.5. The summed E-state index contributed by atoms with van der Waals surface area (Å²) in [5, 5.41) is 13.8. The molecule has 184 valence electrons. The summed E-state index contributed by atoms with van der Waals surface area (Å²) in [5.41, 5.74) is 1.28. The predicted molar refractivity (Wildman–Crippen MR) is 137 cm³/mol. The maximum absolute atomic E-state index is 11.5. The largest absolute Gasteiger partial charge is 0.496 e. The van der Waals surface area contributed by atoms with Crippen LogP contribution in [-0.4, -0.2) is 69.2 Å². The van der Waals surface area contributed by atoms with Gasteiger partial charge in [-0.25, -0.2) is 24.7 Å². The highest BCUT2D eigenvalue weighted by molar-refractivity contribution is 6.34. The first-order valence-corrected chi connectivity index (χ1v) is 11.8. The number of hydrogen-bond donors (Lipinski definition) is 2. The van der Waals surface area contributed by atoms with Crippen LogP contribution in [0.1, 0.15) is 16.2 Å². The number of para-hydroxylation sites is 1. The number of anilines is 3. The Hall–Kier alpha value is -4.02. The number of aromatic nitrogens is 4. The molecule has 0 bridgehead atoms. The van der Waals surface area contributed by atoms with Crippen molar-refractivity contribution in [2.45, 2.75) is 6.54 Å². The van der Waals surface area contributed by atoms with Crippen molar-refractivity contribution in [2.24, 2.45) is 0 Å². The molecule has 11 heteroatoms. The number of carboxylic acid groups (broad SMARTS) is 1. The number of carbonyl (C=O) groups is 1.